The van der Waals surface area contributed by atoms with Crippen LogP contribution in [0.1, 0.15) is 24.9 Å². The Balaban J connectivity index is 1.95. The molecule has 7 heteroatoms. The first-order chi connectivity index (χ1) is 9.65. The Labute approximate surface area is 115 Å². The van der Waals surface area contributed by atoms with Gasteiger partial charge in [0.15, 0.2) is 5.82 Å². The largest absolute Gasteiger partial charge is 0.493 e. The highest BCUT2D eigenvalue weighted by atomic mass is 16.5. The topological polar surface area (TPSA) is 90.1 Å². The van der Waals surface area contributed by atoms with Gasteiger partial charge in [0.1, 0.15) is 5.75 Å². The number of benzene rings is 1. The third-order valence-electron chi connectivity index (χ3n) is 3.33. The van der Waals surface area contributed by atoms with Gasteiger partial charge in [0.05, 0.1) is 19.1 Å². The Bertz CT molecular complexity index is 653. The molecule has 20 heavy (non-hydrogen) atoms. The molecule has 2 heterocycles. The van der Waals surface area contributed by atoms with Gasteiger partial charge in [0.2, 0.25) is 0 Å². The van der Waals surface area contributed by atoms with E-state index in [0.29, 0.717) is 12.4 Å². The van der Waals surface area contributed by atoms with Crippen molar-refractivity contribution in [2.24, 2.45) is 0 Å². The van der Waals surface area contributed by atoms with Crippen LogP contribution in [0.25, 0.3) is 11.4 Å². The van der Waals surface area contributed by atoms with Gasteiger partial charge in [-0.1, -0.05) is 0 Å². The number of carbonyl (C=O) groups is 1. The molecule has 0 saturated heterocycles. The Morgan fingerprint density at radius 3 is 3.20 bits per heavy atom. The molecule has 104 valence electrons. The molecule has 0 radical (unpaired) electrons. The van der Waals surface area contributed by atoms with Crippen LogP contribution in [-0.4, -0.2) is 37.9 Å². The third-order valence-corrected chi connectivity index (χ3v) is 3.33. The van der Waals surface area contributed by atoms with E-state index in [1.165, 1.54) is 0 Å². The van der Waals surface area contributed by atoms with Gasteiger partial charge < -0.3 is 9.84 Å². The first-order valence-electron chi connectivity index (χ1n) is 6.41. The summed E-state index contributed by atoms with van der Waals surface area (Å²) in [5, 5.41) is 20.4. The van der Waals surface area contributed by atoms with Crippen LogP contribution >= 0.6 is 0 Å². The van der Waals surface area contributed by atoms with Crippen molar-refractivity contribution >= 4 is 5.97 Å². The van der Waals surface area contributed by atoms with E-state index in [9.17, 15) is 4.79 Å². The molecule has 0 aliphatic carbocycles. The third kappa shape index (κ3) is 2.22. The van der Waals surface area contributed by atoms with E-state index in [-0.39, 0.29) is 12.5 Å². The molecular formula is C13H14N4O3. The van der Waals surface area contributed by atoms with Crippen LogP contribution in [0.3, 0.4) is 0 Å². The van der Waals surface area contributed by atoms with Crippen molar-refractivity contribution in [1.29, 1.82) is 0 Å². The standard InChI is InChI=1S/C13H14N4O3/c1-8(6-12(18)19)17-13(14-15-16-17)10-2-3-11-9(7-10)4-5-20-11/h2-3,7-8H,4-6H2,1H3,(H,18,19). The number of hydrogen-bond donors (Lipinski definition) is 1. The Morgan fingerprint density at radius 2 is 2.40 bits per heavy atom. The summed E-state index contributed by atoms with van der Waals surface area (Å²) in [5.41, 5.74) is 2.00. The zero-order valence-electron chi connectivity index (χ0n) is 11.0. The van der Waals surface area contributed by atoms with Gasteiger partial charge in [-0.2, -0.15) is 0 Å². The summed E-state index contributed by atoms with van der Waals surface area (Å²) in [6.45, 7) is 2.48. The van der Waals surface area contributed by atoms with Gasteiger partial charge >= 0.3 is 5.97 Å². The lowest BCUT2D eigenvalue weighted by molar-refractivity contribution is -0.137. The summed E-state index contributed by atoms with van der Waals surface area (Å²) >= 11 is 0. The van der Waals surface area contributed by atoms with Crippen molar-refractivity contribution in [3.63, 3.8) is 0 Å². The second kappa shape index (κ2) is 4.92. The maximum atomic E-state index is 10.8. The number of carboxylic acids is 1. The van der Waals surface area contributed by atoms with Gasteiger partial charge in [-0.25, -0.2) is 4.68 Å². The molecule has 0 amide bonds. The molecule has 2 aromatic rings. The van der Waals surface area contributed by atoms with Crippen LogP contribution in [0.5, 0.6) is 5.75 Å². The highest BCUT2D eigenvalue weighted by Gasteiger charge is 2.19. The van der Waals surface area contributed by atoms with Gasteiger partial charge in [-0.05, 0) is 41.1 Å². The maximum Gasteiger partial charge on any atom is 0.305 e. The number of ether oxygens (including phenoxy) is 1. The number of tetrazole rings is 1. The predicted molar refractivity (Wildman–Crippen MR) is 69.4 cm³/mol. The number of nitrogens with zero attached hydrogens (tertiary/aromatic N) is 4. The minimum absolute atomic E-state index is 0.0217. The van der Waals surface area contributed by atoms with Crippen molar-refractivity contribution in [2.45, 2.75) is 25.8 Å². The molecule has 1 unspecified atom stereocenters. The van der Waals surface area contributed by atoms with E-state index < -0.39 is 5.97 Å². The lowest BCUT2D eigenvalue weighted by atomic mass is 10.1. The average Bonchev–Trinajstić information content (AvgIpc) is 3.06. The van der Waals surface area contributed by atoms with Crippen molar-refractivity contribution < 1.29 is 14.6 Å². The molecular weight excluding hydrogens is 260 g/mol. The first kappa shape index (κ1) is 12.6. The van der Waals surface area contributed by atoms with E-state index in [1.54, 1.807) is 11.6 Å². The molecule has 3 rings (SSSR count). The lowest BCUT2D eigenvalue weighted by Crippen LogP contribution is -2.13. The summed E-state index contributed by atoms with van der Waals surface area (Å²) in [7, 11) is 0. The Hall–Kier alpha value is -2.44. The quantitative estimate of drug-likeness (QED) is 0.904. The number of carboxylic acid groups (broad SMARTS) is 1. The SMILES string of the molecule is CC(CC(=O)O)n1nnnc1-c1ccc2c(c1)CCO2. The van der Waals surface area contributed by atoms with Crippen LogP contribution in [0.2, 0.25) is 0 Å². The van der Waals surface area contributed by atoms with Crippen LogP contribution in [0.15, 0.2) is 18.2 Å². The van der Waals surface area contributed by atoms with Gasteiger partial charge in [-0.3, -0.25) is 4.79 Å². The summed E-state index contributed by atoms with van der Waals surface area (Å²) in [6.07, 6.45) is 0.849. The van der Waals surface area contributed by atoms with Crippen LogP contribution < -0.4 is 4.74 Å². The molecule has 0 saturated carbocycles. The van der Waals surface area contributed by atoms with Crippen molar-refractivity contribution in [3.05, 3.63) is 23.8 Å². The molecule has 7 nitrogen and oxygen atoms in total. The number of rotatable bonds is 4. The van der Waals surface area contributed by atoms with Crippen molar-refractivity contribution in [2.75, 3.05) is 6.61 Å². The van der Waals surface area contributed by atoms with Crippen LogP contribution in [-0.2, 0) is 11.2 Å². The second-order valence-corrected chi connectivity index (χ2v) is 4.81. The van der Waals surface area contributed by atoms with E-state index in [4.69, 9.17) is 9.84 Å². The molecule has 1 aliphatic rings. The minimum atomic E-state index is -0.874. The first-order valence-corrected chi connectivity index (χ1v) is 6.41. The van der Waals surface area contributed by atoms with E-state index in [1.807, 2.05) is 18.2 Å². The molecule has 1 aliphatic heterocycles. The summed E-state index contributed by atoms with van der Waals surface area (Å²) in [4.78, 5) is 10.8. The molecule has 0 bridgehead atoms. The number of hydrogen-bond acceptors (Lipinski definition) is 5. The molecule has 1 N–H and O–H groups in total. The van der Waals surface area contributed by atoms with Gasteiger partial charge in [0.25, 0.3) is 0 Å². The zero-order valence-corrected chi connectivity index (χ0v) is 11.0. The highest BCUT2D eigenvalue weighted by molar-refractivity contribution is 5.67. The molecule has 1 aromatic carbocycles. The van der Waals surface area contributed by atoms with Crippen molar-refractivity contribution in [1.82, 2.24) is 20.2 Å². The fourth-order valence-electron chi connectivity index (χ4n) is 2.35. The smallest absolute Gasteiger partial charge is 0.305 e. The van der Waals surface area contributed by atoms with E-state index in [2.05, 4.69) is 15.5 Å². The Morgan fingerprint density at radius 1 is 1.55 bits per heavy atom. The summed E-state index contributed by atoms with van der Waals surface area (Å²) < 4.78 is 7.01. The van der Waals surface area contributed by atoms with Gasteiger partial charge in [0, 0.05) is 12.0 Å². The average molecular weight is 274 g/mol. The predicted octanol–water partition coefficient (Wildman–Crippen LogP) is 1.31. The van der Waals surface area contributed by atoms with E-state index in [0.717, 1.165) is 23.3 Å². The molecule has 1 aromatic heterocycles. The highest BCUT2D eigenvalue weighted by Crippen LogP contribution is 2.30. The number of aromatic nitrogens is 4. The number of fused-ring (bicyclic) bond motifs is 1. The van der Waals surface area contributed by atoms with Crippen molar-refractivity contribution in [3.8, 4) is 17.1 Å². The maximum absolute atomic E-state index is 10.8. The summed E-state index contributed by atoms with van der Waals surface area (Å²) in [5.74, 6) is 0.598. The van der Waals surface area contributed by atoms with E-state index >= 15 is 0 Å². The monoisotopic (exact) mass is 274 g/mol. The molecule has 1 atom stereocenters. The normalized spacial score (nSPS) is 14.7. The fraction of sp³-hybridized carbons (Fsp3) is 0.385. The number of aliphatic carboxylic acids is 1. The molecule has 0 spiro atoms. The zero-order chi connectivity index (χ0) is 14.1. The second-order valence-electron chi connectivity index (χ2n) is 4.81. The fourth-order valence-corrected chi connectivity index (χ4v) is 2.35. The Kier molecular flexibility index (Phi) is 3.09. The minimum Gasteiger partial charge on any atom is -0.493 e. The molecule has 0 fully saturated rings. The lowest BCUT2D eigenvalue weighted by Gasteiger charge is -2.11. The van der Waals surface area contributed by atoms with Crippen LogP contribution in [0, 0.1) is 0 Å². The van der Waals surface area contributed by atoms with Crippen LogP contribution in [0.4, 0.5) is 0 Å². The van der Waals surface area contributed by atoms with Gasteiger partial charge in [-0.15, -0.1) is 5.10 Å². The summed E-state index contributed by atoms with van der Waals surface area (Å²) in [6, 6.07) is 5.48.